The lowest BCUT2D eigenvalue weighted by atomic mass is 10.2. The topological polar surface area (TPSA) is 32.3 Å². The van der Waals surface area contributed by atoms with Crippen LogP contribution in [0.15, 0.2) is 23.7 Å². The van der Waals surface area contributed by atoms with Crippen molar-refractivity contribution in [3.8, 4) is 0 Å². The molecule has 0 unspecified atom stereocenters. The van der Waals surface area contributed by atoms with E-state index >= 15 is 0 Å². The Balaban J connectivity index is 1.53. The van der Waals surface area contributed by atoms with Crippen LogP contribution in [0.3, 0.4) is 0 Å². The predicted molar refractivity (Wildman–Crippen MR) is 90.1 cm³/mol. The molecule has 5 heteroatoms. The van der Waals surface area contributed by atoms with Crippen molar-refractivity contribution in [3.05, 3.63) is 40.0 Å². The minimum atomic E-state index is 0.891. The molecule has 4 rings (SSSR count). The van der Waals surface area contributed by atoms with Crippen molar-refractivity contribution in [2.45, 2.75) is 32.9 Å². The summed E-state index contributed by atoms with van der Waals surface area (Å²) in [5.74, 6) is 2.09. The maximum Gasteiger partial charge on any atom is 0.133 e. The molecule has 2 aliphatic rings. The van der Waals surface area contributed by atoms with Gasteiger partial charge in [0.15, 0.2) is 0 Å². The molecule has 0 atom stereocenters. The first-order valence-corrected chi connectivity index (χ1v) is 8.98. The van der Waals surface area contributed by atoms with Crippen LogP contribution < -0.4 is 4.90 Å². The molecule has 1 aliphatic heterocycles. The Morgan fingerprint density at radius 1 is 1.32 bits per heavy atom. The van der Waals surface area contributed by atoms with Gasteiger partial charge >= 0.3 is 0 Å². The molecular weight excluding hydrogens is 292 g/mol. The van der Waals surface area contributed by atoms with Crippen molar-refractivity contribution < 1.29 is 0 Å². The number of thiazole rings is 1. The Bertz CT molecular complexity index is 650. The van der Waals surface area contributed by atoms with Gasteiger partial charge in [-0.1, -0.05) is 6.07 Å². The molecule has 3 heterocycles. The highest BCUT2D eigenvalue weighted by Gasteiger charge is 2.28. The largest absolute Gasteiger partial charge is 0.355 e. The SMILES string of the molecule is Cc1nc(CN2CCN(CC3CC3)c3ncccc3C2)cs1. The van der Waals surface area contributed by atoms with Gasteiger partial charge in [0.1, 0.15) is 5.82 Å². The maximum absolute atomic E-state index is 4.67. The fraction of sp³-hybridized carbons (Fsp3) is 0.529. The molecule has 0 aromatic carbocycles. The summed E-state index contributed by atoms with van der Waals surface area (Å²) in [6.45, 7) is 7.32. The van der Waals surface area contributed by atoms with Gasteiger partial charge in [0.05, 0.1) is 10.7 Å². The third-order valence-electron chi connectivity index (χ3n) is 4.47. The van der Waals surface area contributed by atoms with Crippen LogP contribution in [0, 0.1) is 12.8 Å². The van der Waals surface area contributed by atoms with E-state index in [1.807, 2.05) is 6.20 Å². The van der Waals surface area contributed by atoms with Crippen molar-refractivity contribution in [1.82, 2.24) is 14.9 Å². The van der Waals surface area contributed by atoms with E-state index in [0.717, 1.165) is 37.1 Å². The number of fused-ring (bicyclic) bond motifs is 1. The molecule has 2 aromatic heterocycles. The van der Waals surface area contributed by atoms with Gasteiger partial charge < -0.3 is 4.90 Å². The normalized spacial score (nSPS) is 19.0. The smallest absolute Gasteiger partial charge is 0.133 e. The molecule has 1 aliphatic carbocycles. The summed E-state index contributed by atoms with van der Waals surface area (Å²) in [5.41, 5.74) is 2.55. The minimum absolute atomic E-state index is 0.891. The molecule has 22 heavy (non-hydrogen) atoms. The zero-order valence-corrected chi connectivity index (χ0v) is 13.9. The summed E-state index contributed by atoms with van der Waals surface area (Å²) in [6.07, 6.45) is 4.71. The molecule has 0 saturated heterocycles. The van der Waals surface area contributed by atoms with Crippen molar-refractivity contribution in [2.24, 2.45) is 5.92 Å². The van der Waals surface area contributed by atoms with E-state index in [1.54, 1.807) is 11.3 Å². The number of hydrogen-bond donors (Lipinski definition) is 0. The van der Waals surface area contributed by atoms with Crippen LogP contribution in [0.25, 0.3) is 0 Å². The van der Waals surface area contributed by atoms with Crippen LogP contribution in [0.2, 0.25) is 0 Å². The molecular formula is C17H22N4S. The molecule has 0 radical (unpaired) electrons. The summed E-state index contributed by atoms with van der Waals surface area (Å²) >= 11 is 1.74. The molecule has 1 saturated carbocycles. The van der Waals surface area contributed by atoms with Gasteiger partial charge in [-0.3, -0.25) is 4.90 Å². The monoisotopic (exact) mass is 314 g/mol. The molecule has 116 valence electrons. The average molecular weight is 314 g/mol. The third kappa shape index (κ3) is 3.15. The molecule has 4 nitrogen and oxygen atoms in total. The first-order valence-electron chi connectivity index (χ1n) is 8.10. The van der Waals surface area contributed by atoms with Crippen molar-refractivity contribution in [1.29, 1.82) is 0 Å². The van der Waals surface area contributed by atoms with Gasteiger partial charge in [0, 0.05) is 49.9 Å². The number of anilines is 1. The number of rotatable bonds is 4. The fourth-order valence-corrected chi connectivity index (χ4v) is 3.76. The Labute approximate surface area is 135 Å². The molecule has 0 bridgehead atoms. The Morgan fingerprint density at radius 2 is 2.23 bits per heavy atom. The van der Waals surface area contributed by atoms with Crippen LogP contribution in [-0.2, 0) is 13.1 Å². The van der Waals surface area contributed by atoms with Gasteiger partial charge in [-0.15, -0.1) is 11.3 Å². The average Bonchev–Trinajstić information content (AvgIpc) is 3.27. The minimum Gasteiger partial charge on any atom is -0.355 e. The van der Waals surface area contributed by atoms with Crippen LogP contribution in [0.1, 0.15) is 29.1 Å². The second-order valence-electron chi connectivity index (χ2n) is 6.44. The Kier molecular flexibility index (Phi) is 3.84. The van der Waals surface area contributed by atoms with E-state index in [-0.39, 0.29) is 0 Å². The van der Waals surface area contributed by atoms with Gasteiger partial charge in [-0.25, -0.2) is 9.97 Å². The lowest BCUT2D eigenvalue weighted by Crippen LogP contribution is -2.33. The first-order chi connectivity index (χ1) is 10.8. The molecule has 0 N–H and O–H groups in total. The number of aryl methyl sites for hydroxylation is 1. The summed E-state index contributed by atoms with van der Waals surface area (Å²) in [4.78, 5) is 14.3. The van der Waals surface area contributed by atoms with Crippen molar-refractivity contribution >= 4 is 17.2 Å². The highest BCUT2D eigenvalue weighted by Crippen LogP contribution is 2.33. The third-order valence-corrected chi connectivity index (χ3v) is 5.30. The number of pyridine rings is 1. The predicted octanol–water partition coefficient (Wildman–Crippen LogP) is 3.08. The van der Waals surface area contributed by atoms with Crippen LogP contribution in [0.4, 0.5) is 5.82 Å². The van der Waals surface area contributed by atoms with Gasteiger partial charge in [-0.05, 0) is 31.7 Å². The van der Waals surface area contributed by atoms with Crippen LogP contribution in [0.5, 0.6) is 0 Å². The second-order valence-corrected chi connectivity index (χ2v) is 7.51. The summed E-state index contributed by atoms with van der Waals surface area (Å²) in [5, 5.41) is 3.34. The zero-order valence-electron chi connectivity index (χ0n) is 13.0. The number of nitrogens with zero attached hydrogens (tertiary/aromatic N) is 4. The maximum atomic E-state index is 4.67. The highest BCUT2D eigenvalue weighted by atomic mass is 32.1. The molecule has 1 fully saturated rings. The Morgan fingerprint density at radius 3 is 3.00 bits per heavy atom. The van der Waals surface area contributed by atoms with Crippen molar-refractivity contribution in [3.63, 3.8) is 0 Å². The quantitative estimate of drug-likeness (QED) is 0.868. The Hall–Kier alpha value is -1.46. The second kappa shape index (κ2) is 5.97. The lowest BCUT2D eigenvalue weighted by Gasteiger charge is -2.23. The molecule has 2 aromatic rings. The molecule has 0 amide bonds. The lowest BCUT2D eigenvalue weighted by molar-refractivity contribution is 0.265. The van der Waals surface area contributed by atoms with Gasteiger partial charge in [0.2, 0.25) is 0 Å². The van der Waals surface area contributed by atoms with E-state index < -0.39 is 0 Å². The van der Waals surface area contributed by atoms with Gasteiger partial charge in [0.25, 0.3) is 0 Å². The van der Waals surface area contributed by atoms with E-state index in [2.05, 4.69) is 44.2 Å². The van der Waals surface area contributed by atoms with E-state index in [9.17, 15) is 0 Å². The van der Waals surface area contributed by atoms with E-state index in [0.29, 0.717) is 0 Å². The van der Waals surface area contributed by atoms with Crippen LogP contribution >= 0.6 is 11.3 Å². The van der Waals surface area contributed by atoms with E-state index in [4.69, 9.17) is 0 Å². The standard InChI is InChI=1S/C17H22N4S/c1-13-19-16(12-22-13)11-20-7-8-21(9-14-4-5-14)17-15(10-20)3-2-6-18-17/h2-3,6,12,14H,4-5,7-11H2,1H3. The zero-order chi connectivity index (χ0) is 14.9. The highest BCUT2D eigenvalue weighted by molar-refractivity contribution is 7.09. The summed E-state index contributed by atoms with van der Waals surface area (Å²) < 4.78 is 0. The van der Waals surface area contributed by atoms with E-state index in [1.165, 1.54) is 36.5 Å². The summed E-state index contributed by atoms with van der Waals surface area (Å²) in [7, 11) is 0. The van der Waals surface area contributed by atoms with Crippen molar-refractivity contribution in [2.75, 3.05) is 24.5 Å². The fourth-order valence-electron chi connectivity index (χ4n) is 3.16. The first kappa shape index (κ1) is 14.2. The number of hydrogen-bond acceptors (Lipinski definition) is 5. The van der Waals surface area contributed by atoms with Crippen LogP contribution in [-0.4, -0.2) is 34.5 Å². The number of aromatic nitrogens is 2. The molecule has 0 spiro atoms. The summed E-state index contributed by atoms with van der Waals surface area (Å²) in [6, 6.07) is 4.29. The van der Waals surface area contributed by atoms with Gasteiger partial charge in [-0.2, -0.15) is 0 Å².